The second kappa shape index (κ2) is 7.61. The first-order valence-corrected chi connectivity index (χ1v) is 9.52. The minimum absolute atomic E-state index is 0.00356. The standard InChI is InChI=1S/C21H26F4O/c1-3-5-13-6-8-14(9-7-13)16-11-15-12-17(26-10-4-2)19(22)20(23)18(15)21(16,24)25/h4,12-14,16H,2-3,5-11H2,1H3. The van der Waals surface area contributed by atoms with Gasteiger partial charge in [-0.15, -0.1) is 0 Å². The average Bonchev–Trinajstić information content (AvgIpc) is 2.88. The monoisotopic (exact) mass is 370 g/mol. The van der Waals surface area contributed by atoms with Crippen LogP contribution in [0.4, 0.5) is 17.6 Å². The first-order valence-electron chi connectivity index (χ1n) is 9.52. The van der Waals surface area contributed by atoms with Crippen molar-refractivity contribution in [2.45, 2.75) is 57.8 Å². The summed E-state index contributed by atoms with van der Waals surface area (Å²) in [4.78, 5) is 0. The molecule has 1 nitrogen and oxygen atoms in total. The summed E-state index contributed by atoms with van der Waals surface area (Å²) in [5, 5.41) is 0. The molecule has 2 aliphatic carbocycles. The maximum absolute atomic E-state index is 15.0. The van der Waals surface area contributed by atoms with E-state index in [2.05, 4.69) is 13.5 Å². The molecule has 0 radical (unpaired) electrons. The van der Waals surface area contributed by atoms with E-state index >= 15 is 0 Å². The van der Waals surface area contributed by atoms with Gasteiger partial charge in [0.05, 0.1) is 5.56 Å². The Morgan fingerprint density at radius 1 is 1.19 bits per heavy atom. The van der Waals surface area contributed by atoms with Gasteiger partial charge in [-0.05, 0) is 42.7 Å². The van der Waals surface area contributed by atoms with Crippen LogP contribution in [-0.4, -0.2) is 6.61 Å². The molecular weight excluding hydrogens is 344 g/mol. The summed E-state index contributed by atoms with van der Waals surface area (Å²) in [7, 11) is 0. The third-order valence-corrected chi connectivity index (χ3v) is 6.01. The lowest BCUT2D eigenvalue weighted by atomic mass is 9.73. The normalized spacial score (nSPS) is 27.2. The van der Waals surface area contributed by atoms with Crippen LogP contribution in [0.3, 0.4) is 0 Å². The van der Waals surface area contributed by atoms with E-state index in [4.69, 9.17) is 4.74 Å². The number of alkyl halides is 2. The van der Waals surface area contributed by atoms with Crippen LogP contribution in [0.15, 0.2) is 18.7 Å². The minimum Gasteiger partial charge on any atom is -0.486 e. The zero-order valence-corrected chi connectivity index (χ0v) is 15.2. The Labute approximate surface area is 152 Å². The van der Waals surface area contributed by atoms with Crippen LogP contribution in [0, 0.1) is 29.4 Å². The predicted molar refractivity (Wildman–Crippen MR) is 93.5 cm³/mol. The zero-order valence-electron chi connectivity index (χ0n) is 15.2. The highest BCUT2D eigenvalue weighted by Crippen LogP contribution is 2.54. The fourth-order valence-electron chi connectivity index (χ4n) is 4.73. The molecular formula is C21H26F4O. The fraction of sp³-hybridized carbons (Fsp3) is 0.619. The highest BCUT2D eigenvalue weighted by Gasteiger charge is 2.54. The smallest absolute Gasteiger partial charge is 0.279 e. The van der Waals surface area contributed by atoms with Gasteiger partial charge >= 0.3 is 0 Å². The van der Waals surface area contributed by atoms with Gasteiger partial charge in [0.2, 0.25) is 5.82 Å². The quantitative estimate of drug-likeness (QED) is 0.416. The molecule has 1 saturated carbocycles. The first kappa shape index (κ1) is 19.2. The molecule has 2 aliphatic rings. The maximum Gasteiger partial charge on any atom is 0.279 e. The average molecular weight is 370 g/mol. The zero-order chi connectivity index (χ0) is 18.9. The molecule has 0 heterocycles. The first-order chi connectivity index (χ1) is 12.4. The topological polar surface area (TPSA) is 9.23 Å². The molecule has 0 aromatic heterocycles. The molecule has 144 valence electrons. The number of rotatable bonds is 6. The van der Waals surface area contributed by atoms with Crippen LogP contribution in [0.25, 0.3) is 0 Å². The Morgan fingerprint density at radius 3 is 2.50 bits per heavy atom. The summed E-state index contributed by atoms with van der Waals surface area (Å²) in [6.07, 6.45) is 7.10. The number of hydrogen-bond acceptors (Lipinski definition) is 1. The molecule has 0 N–H and O–H groups in total. The van der Waals surface area contributed by atoms with Gasteiger partial charge in [-0.2, -0.15) is 4.39 Å². The summed E-state index contributed by atoms with van der Waals surface area (Å²) in [6, 6.07) is 1.24. The van der Waals surface area contributed by atoms with Crippen molar-refractivity contribution in [3.8, 4) is 5.75 Å². The maximum atomic E-state index is 15.0. The van der Waals surface area contributed by atoms with E-state index in [0.717, 1.165) is 38.5 Å². The number of ether oxygens (including phenoxy) is 1. The van der Waals surface area contributed by atoms with Crippen LogP contribution in [0.5, 0.6) is 5.75 Å². The van der Waals surface area contributed by atoms with Crippen LogP contribution in [0.1, 0.15) is 56.6 Å². The van der Waals surface area contributed by atoms with E-state index in [1.807, 2.05) is 0 Å². The highest BCUT2D eigenvalue weighted by atomic mass is 19.3. The predicted octanol–water partition coefficient (Wildman–Crippen LogP) is 6.40. The SMILES string of the molecule is C=CCOc1cc2c(c(F)c1F)C(F)(F)C(C1CCC(CCC)CC1)C2. The molecule has 0 spiro atoms. The molecule has 0 bridgehead atoms. The van der Waals surface area contributed by atoms with E-state index in [1.54, 1.807) is 0 Å². The minimum atomic E-state index is -3.33. The number of fused-ring (bicyclic) bond motifs is 1. The Morgan fingerprint density at radius 2 is 1.88 bits per heavy atom. The molecule has 5 heteroatoms. The molecule has 0 amide bonds. The van der Waals surface area contributed by atoms with Crippen LogP contribution in [-0.2, 0) is 12.3 Å². The lowest BCUT2D eigenvalue weighted by Gasteiger charge is -2.34. The van der Waals surface area contributed by atoms with Crippen LogP contribution < -0.4 is 4.74 Å². The summed E-state index contributed by atoms with van der Waals surface area (Å²) in [5.74, 6) is -6.94. The Balaban J connectivity index is 1.83. The highest BCUT2D eigenvalue weighted by molar-refractivity contribution is 5.45. The van der Waals surface area contributed by atoms with E-state index in [1.165, 1.54) is 12.1 Å². The molecule has 1 aromatic carbocycles. The van der Waals surface area contributed by atoms with Crippen molar-refractivity contribution in [2.75, 3.05) is 6.61 Å². The molecule has 0 aliphatic heterocycles. The molecule has 26 heavy (non-hydrogen) atoms. The lowest BCUT2D eigenvalue weighted by molar-refractivity contribution is -0.0843. The summed E-state index contributed by atoms with van der Waals surface area (Å²) in [6.45, 7) is 5.59. The van der Waals surface area contributed by atoms with Gasteiger partial charge in [0, 0.05) is 5.92 Å². The lowest BCUT2D eigenvalue weighted by Crippen LogP contribution is -2.31. The second-order valence-corrected chi connectivity index (χ2v) is 7.64. The van der Waals surface area contributed by atoms with Crippen molar-refractivity contribution in [3.05, 3.63) is 41.5 Å². The number of halogens is 4. The van der Waals surface area contributed by atoms with Crippen molar-refractivity contribution >= 4 is 0 Å². The summed E-state index contributed by atoms with van der Waals surface area (Å²) < 4.78 is 63.7. The van der Waals surface area contributed by atoms with Gasteiger partial charge in [0.1, 0.15) is 6.61 Å². The van der Waals surface area contributed by atoms with E-state index in [9.17, 15) is 17.6 Å². The fourth-order valence-corrected chi connectivity index (χ4v) is 4.73. The van der Waals surface area contributed by atoms with E-state index in [0.29, 0.717) is 5.92 Å². The Kier molecular flexibility index (Phi) is 5.64. The van der Waals surface area contributed by atoms with Gasteiger partial charge in [-0.3, -0.25) is 0 Å². The molecule has 1 aromatic rings. The number of benzene rings is 1. The van der Waals surface area contributed by atoms with Crippen molar-refractivity contribution in [1.82, 2.24) is 0 Å². The Bertz CT molecular complexity index is 662. The molecule has 1 atom stereocenters. The molecule has 1 unspecified atom stereocenters. The van der Waals surface area contributed by atoms with Crippen LogP contribution >= 0.6 is 0 Å². The van der Waals surface area contributed by atoms with Gasteiger partial charge < -0.3 is 4.74 Å². The largest absolute Gasteiger partial charge is 0.486 e. The van der Waals surface area contributed by atoms with Crippen LogP contribution in [0.2, 0.25) is 0 Å². The van der Waals surface area contributed by atoms with Gasteiger partial charge in [-0.25, -0.2) is 13.2 Å². The van der Waals surface area contributed by atoms with Gasteiger partial charge in [-0.1, -0.05) is 45.3 Å². The summed E-state index contributed by atoms with van der Waals surface area (Å²) >= 11 is 0. The Hall–Kier alpha value is -1.52. The van der Waals surface area contributed by atoms with Crippen molar-refractivity contribution in [3.63, 3.8) is 0 Å². The second-order valence-electron chi connectivity index (χ2n) is 7.64. The van der Waals surface area contributed by atoms with Gasteiger partial charge in [0.25, 0.3) is 5.92 Å². The van der Waals surface area contributed by atoms with E-state index < -0.39 is 29.0 Å². The number of hydrogen-bond donors (Lipinski definition) is 0. The summed E-state index contributed by atoms with van der Waals surface area (Å²) in [5.41, 5.74) is -0.588. The van der Waals surface area contributed by atoms with Crippen molar-refractivity contribution in [1.29, 1.82) is 0 Å². The third-order valence-electron chi connectivity index (χ3n) is 6.01. The van der Waals surface area contributed by atoms with Crippen molar-refractivity contribution < 1.29 is 22.3 Å². The third kappa shape index (κ3) is 3.37. The molecule has 0 saturated heterocycles. The van der Waals surface area contributed by atoms with Crippen molar-refractivity contribution in [2.24, 2.45) is 17.8 Å². The van der Waals surface area contributed by atoms with E-state index in [-0.39, 0.29) is 30.3 Å². The van der Waals surface area contributed by atoms with Gasteiger partial charge in [0.15, 0.2) is 11.6 Å². The molecule has 3 rings (SSSR count). The molecule has 1 fully saturated rings.